The van der Waals surface area contributed by atoms with Crippen LogP contribution in [0.25, 0.3) is 0 Å². The van der Waals surface area contributed by atoms with Gasteiger partial charge in [0.15, 0.2) is 6.61 Å². The van der Waals surface area contributed by atoms with Crippen LogP contribution < -0.4 is 15.4 Å². The van der Waals surface area contributed by atoms with Crippen molar-refractivity contribution in [2.24, 2.45) is 0 Å². The number of anilines is 1. The summed E-state index contributed by atoms with van der Waals surface area (Å²) in [6, 6.07) is 9.05. The molecule has 0 saturated heterocycles. The highest BCUT2D eigenvalue weighted by Gasteiger charge is 2.16. The van der Waals surface area contributed by atoms with Crippen LogP contribution in [0.4, 0.5) is 15.8 Å². The van der Waals surface area contributed by atoms with E-state index in [1.54, 1.807) is 12.1 Å². The van der Waals surface area contributed by atoms with Crippen molar-refractivity contribution in [3.8, 4) is 5.75 Å². The van der Waals surface area contributed by atoms with Crippen molar-refractivity contribution in [2.75, 3.05) is 25.6 Å². The molecule has 0 heterocycles. The number of rotatable bonds is 8. The number of benzene rings is 2. The molecular weight excluding hydrogens is 389 g/mol. The predicted octanol–water partition coefficient (Wildman–Crippen LogP) is 1.65. The topological polar surface area (TPSA) is 137 Å². The molecular formula is C18H16FN3O7. The maximum Gasteiger partial charge on any atom is 0.325 e. The first-order chi connectivity index (χ1) is 13.8. The van der Waals surface area contributed by atoms with Crippen LogP contribution in [0.1, 0.15) is 10.4 Å². The van der Waals surface area contributed by atoms with E-state index in [2.05, 4.69) is 10.6 Å². The lowest BCUT2D eigenvalue weighted by Gasteiger charge is -2.08. The summed E-state index contributed by atoms with van der Waals surface area (Å²) in [6.45, 7) is -1.18. The lowest BCUT2D eigenvalue weighted by Crippen LogP contribution is -2.32. The summed E-state index contributed by atoms with van der Waals surface area (Å²) in [5, 5.41) is 15.2. The number of halogens is 1. The standard InChI is InChI=1S/C18H16FN3O7/c1-28-13-4-2-3-11(7-13)18(25)20-9-17(24)29-10-16(23)21-12-5-6-14(19)15(8-12)22(26)27/h2-8H,9-10H2,1H3,(H,20,25)(H,21,23). The molecule has 2 rings (SSSR count). The van der Waals surface area contributed by atoms with Gasteiger partial charge in [0.25, 0.3) is 11.8 Å². The Labute approximate surface area is 163 Å². The van der Waals surface area contributed by atoms with Gasteiger partial charge in [0.1, 0.15) is 12.3 Å². The Morgan fingerprint density at radius 2 is 1.93 bits per heavy atom. The highest BCUT2D eigenvalue weighted by molar-refractivity contribution is 5.97. The number of nitro benzene ring substituents is 1. The number of nitro groups is 1. The molecule has 152 valence electrons. The Kier molecular flexibility index (Phi) is 7.18. The van der Waals surface area contributed by atoms with Gasteiger partial charge in [0.05, 0.1) is 12.0 Å². The molecule has 0 aliphatic carbocycles. The van der Waals surface area contributed by atoms with Crippen molar-refractivity contribution in [3.05, 3.63) is 64.0 Å². The molecule has 0 unspecified atom stereocenters. The SMILES string of the molecule is COc1cccc(C(=O)NCC(=O)OCC(=O)Nc2ccc(F)c([N+](=O)[O-])c2)c1. The molecule has 2 aromatic rings. The summed E-state index contributed by atoms with van der Waals surface area (Å²) >= 11 is 0. The van der Waals surface area contributed by atoms with Crippen LogP contribution in [-0.2, 0) is 14.3 Å². The summed E-state index contributed by atoms with van der Waals surface area (Å²) < 4.78 is 23.0. The molecule has 2 amide bonds. The second kappa shape index (κ2) is 9.78. The van der Waals surface area contributed by atoms with E-state index in [0.717, 1.165) is 18.2 Å². The van der Waals surface area contributed by atoms with E-state index in [1.165, 1.54) is 19.2 Å². The van der Waals surface area contributed by atoms with Crippen molar-refractivity contribution in [3.63, 3.8) is 0 Å². The molecule has 0 aromatic heterocycles. The van der Waals surface area contributed by atoms with Crippen molar-refractivity contribution in [1.82, 2.24) is 5.32 Å². The van der Waals surface area contributed by atoms with Gasteiger partial charge in [0, 0.05) is 17.3 Å². The fraction of sp³-hybridized carbons (Fsp3) is 0.167. The fourth-order valence-electron chi connectivity index (χ4n) is 2.14. The lowest BCUT2D eigenvalue weighted by atomic mass is 10.2. The third-order valence-corrected chi connectivity index (χ3v) is 3.52. The van der Waals surface area contributed by atoms with Gasteiger partial charge >= 0.3 is 11.7 Å². The van der Waals surface area contributed by atoms with Crippen LogP contribution in [0.3, 0.4) is 0 Å². The number of amides is 2. The number of methoxy groups -OCH3 is 1. The first-order valence-electron chi connectivity index (χ1n) is 8.12. The average molecular weight is 405 g/mol. The zero-order valence-electron chi connectivity index (χ0n) is 15.1. The molecule has 0 aliphatic rings. The minimum atomic E-state index is -1.05. The summed E-state index contributed by atoms with van der Waals surface area (Å²) in [5.74, 6) is -2.78. The van der Waals surface area contributed by atoms with Gasteiger partial charge in [-0.1, -0.05) is 6.07 Å². The van der Waals surface area contributed by atoms with Crippen LogP contribution in [0.5, 0.6) is 5.75 Å². The van der Waals surface area contributed by atoms with Crippen LogP contribution in [0.2, 0.25) is 0 Å². The third kappa shape index (κ3) is 6.27. The minimum absolute atomic E-state index is 0.0366. The Morgan fingerprint density at radius 3 is 2.62 bits per heavy atom. The fourth-order valence-corrected chi connectivity index (χ4v) is 2.14. The van der Waals surface area contributed by atoms with Gasteiger partial charge in [-0.2, -0.15) is 4.39 Å². The number of nitrogens with one attached hydrogen (secondary N) is 2. The van der Waals surface area contributed by atoms with E-state index < -0.39 is 47.4 Å². The van der Waals surface area contributed by atoms with E-state index in [0.29, 0.717) is 5.75 Å². The highest BCUT2D eigenvalue weighted by Crippen LogP contribution is 2.21. The molecule has 0 radical (unpaired) electrons. The van der Waals surface area contributed by atoms with Crippen LogP contribution in [0, 0.1) is 15.9 Å². The van der Waals surface area contributed by atoms with Gasteiger partial charge in [-0.3, -0.25) is 24.5 Å². The lowest BCUT2D eigenvalue weighted by molar-refractivity contribution is -0.387. The van der Waals surface area contributed by atoms with Gasteiger partial charge in [-0.05, 0) is 30.3 Å². The number of carbonyl (C=O) groups excluding carboxylic acids is 3. The zero-order valence-corrected chi connectivity index (χ0v) is 15.1. The first kappa shape index (κ1) is 21.3. The number of hydrogen-bond donors (Lipinski definition) is 2. The highest BCUT2D eigenvalue weighted by atomic mass is 19.1. The van der Waals surface area contributed by atoms with Crippen molar-refractivity contribution >= 4 is 29.2 Å². The first-order valence-corrected chi connectivity index (χ1v) is 8.12. The van der Waals surface area contributed by atoms with E-state index >= 15 is 0 Å². The Hall–Kier alpha value is -4.02. The second-order valence-corrected chi connectivity index (χ2v) is 5.55. The van der Waals surface area contributed by atoms with E-state index in [1.807, 2.05) is 0 Å². The smallest absolute Gasteiger partial charge is 0.325 e. The van der Waals surface area contributed by atoms with Gasteiger partial charge in [-0.25, -0.2) is 0 Å². The van der Waals surface area contributed by atoms with Gasteiger partial charge < -0.3 is 20.1 Å². The van der Waals surface area contributed by atoms with E-state index in [-0.39, 0.29) is 11.3 Å². The molecule has 11 heteroatoms. The van der Waals surface area contributed by atoms with E-state index in [9.17, 15) is 28.9 Å². The third-order valence-electron chi connectivity index (χ3n) is 3.52. The monoisotopic (exact) mass is 405 g/mol. The van der Waals surface area contributed by atoms with Crippen molar-refractivity contribution < 1.29 is 33.2 Å². The van der Waals surface area contributed by atoms with Crippen molar-refractivity contribution in [1.29, 1.82) is 0 Å². The Balaban J connectivity index is 1.80. The van der Waals surface area contributed by atoms with Gasteiger partial charge in [-0.15, -0.1) is 0 Å². The van der Waals surface area contributed by atoms with E-state index in [4.69, 9.17) is 9.47 Å². The molecule has 0 fully saturated rings. The van der Waals surface area contributed by atoms with Gasteiger partial charge in [0.2, 0.25) is 5.82 Å². The summed E-state index contributed by atoms with van der Waals surface area (Å²) in [5.41, 5.74) is -0.571. The van der Waals surface area contributed by atoms with Crippen LogP contribution >= 0.6 is 0 Å². The molecule has 0 spiro atoms. The number of nitrogens with zero attached hydrogens (tertiary/aromatic N) is 1. The maximum atomic E-state index is 13.3. The Morgan fingerprint density at radius 1 is 1.17 bits per heavy atom. The predicted molar refractivity (Wildman–Crippen MR) is 98.0 cm³/mol. The van der Waals surface area contributed by atoms with Crippen LogP contribution in [0.15, 0.2) is 42.5 Å². The van der Waals surface area contributed by atoms with Crippen molar-refractivity contribution in [2.45, 2.75) is 0 Å². The average Bonchev–Trinajstić information content (AvgIpc) is 2.71. The largest absolute Gasteiger partial charge is 0.497 e. The second-order valence-electron chi connectivity index (χ2n) is 5.55. The quantitative estimate of drug-likeness (QED) is 0.387. The minimum Gasteiger partial charge on any atom is -0.497 e. The molecule has 0 saturated carbocycles. The summed E-state index contributed by atoms with van der Waals surface area (Å²) in [6.07, 6.45) is 0. The number of hydrogen-bond acceptors (Lipinski definition) is 7. The Bertz CT molecular complexity index is 949. The molecule has 0 aliphatic heterocycles. The molecule has 0 atom stereocenters. The number of esters is 1. The zero-order chi connectivity index (χ0) is 21.4. The summed E-state index contributed by atoms with van der Waals surface area (Å²) in [7, 11) is 1.45. The number of ether oxygens (including phenoxy) is 2. The molecule has 29 heavy (non-hydrogen) atoms. The summed E-state index contributed by atoms with van der Waals surface area (Å²) in [4.78, 5) is 45.1. The van der Waals surface area contributed by atoms with Crippen LogP contribution in [-0.4, -0.2) is 43.0 Å². The maximum absolute atomic E-state index is 13.3. The molecule has 0 bridgehead atoms. The normalized spacial score (nSPS) is 10.0. The molecule has 2 N–H and O–H groups in total. The number of carbonyl (C=O) groups is 3. The molecule has 10 nitrogen and oxygen atoms in total. The molecule has 2 aromatic carbocycles.